The molecule has 1 unspecified atom stereocenters. The molecule has 3 aromatic heterocycles. The molecule has 0 aliphatic carbocycles. The highest BCUT2D eigenvalue weighted by molar-refractivity contribution is 7.99. The number of benzene rings is 2. The highest BCUT2D eigenvalue weighted by Gasteiger charge is 2.32. The molecule has 11 nitrogen and oxygen atoms in total. The van der Waals surface area contributed by atoms with Crippen molar-refractivity contribution in [3.8, 4) is 0 Å². The fourth-order valence-corrected chi connectivity index (χ4v) is 6.96. The molecule has 5 heterocycles. The number of carbonyl (C=O) groups excluding carboxylic acids is 2. The molecule has 0 radical (unpaired) electrons. The first-order valence-corrected chi connectivity index (χ1v) is 16.6. The molecular weight excluding hydrogens is 599 g/mol. The fourth-order valence-electron chi connectivity index (χ4n) is 6.21. The van der Waals surface area contributed by atoms with Crippen LogP contribution in [0.4, 0.5) is 23.1 Å². The van der Waals surface area contributed by atoms with Gasteiger partial charge in [0.1, 0.15) is 5.65 Å². The van der Waals surface area contributed by atoms with Crippen molar-refractivity contribution in [2.75, 3.05) is 42.9 Å². The average Bonchev–Trinajstić information content (AvgIpc) is 3.85. The van der Waals surface area contributed by atoms with Gasteiger partial charge in [-0.25, -0.2) is 4.98 Å². The molecule has 0 saturated carbocycles. The normalized spacial score (nSPS) is 17.0. The lowest BCUT2D eigenvalue weighted by atomic mass is 10.0. The number of fused-ring (bicyclic) bond motifs is 1. The van der Waals surface area contributed by atoms with Gasteiger partial charge in [-0.15, -0.1) is 0 Å². The van der Waals surface area contributed by atoms with Gasteiger partial charge >= 0.3 is 0 Å². The van der Waals surface area contributed by atoms with E-state index in [-0.39, 0.29) is 24.3 Å². The number of carbonyl (C=O) groups is 2. The summed E-state index contributed by atoms with van der Waals surface area (Å²) >= 11 is 1.45. The van der Waals surface area contributed by atoms with Crippen molar-refractivity contribution in [2.24, 2.45) is 5.92 Å². The zero-order valence-corrected chi connectivity index (χ0v) is 26.6. The number of aromatic nitrogens is 5. The summed E-state index contributed by atoms with van der Waals surface area (Å²) in [7, 11) is 0. The van der Waals surface area contributed by atoms with Crippen molar-refractivity contribution in [1.29, 1.82) is 0 Å². The second kappa shape index (κ2) is 13.4. The summed E-state index contributed by atoms with van der Waals surface area (Å²) in [5, 5.41) is 11.2. The molecule has 2 amide bonds. The number of para-hydroxylation sites is 1. The molecule has 2 aliphatic heterocycles. The van der Waals surface area contributed by atoms with E-state index in [1.807, 2.05) is 100 Å². The van der Waals surface area contributed by atoms with Crippen LogP contribution in [-0.4, -0.2) is 78.9 Å². The van der Waals surface area contributed by atoms with E-state index in [9.17, 15) is 9.59 Å². The standard InChI is InChI=1S/C34H37N9O2S/c1-24-21-30(39-38-24)43(27-9-4-2-5-10-27)34-37-33(36-29-11-8-19-42(29)34)46-28-14-12-26(13-15-28)35-31(44)23-40-20-16-25(22-40)32(45)41-17-6-3-7-18-41/h2,4-5,8-15,19,21,25H,3,6-7,16-18,20,22-23H2,1H3,(H,35,44)(H,38,39). The van der Waals surface area contributed by atoms with Crippen LogP contribution >= 0.6 is 11.8 Å². The van der Waals surface area contributed by atoms with E-state index in [0.29, 0.717) is 17.6 Å². The van der Waals surface area contributed by atoms with E-state index < -0.39 is 0 Å². The maximum atomic E-state index is 12.9. The third kappa shape index (κ3) is 6.63. The predicted octanol–water partition coefficient (Wildman–Crippen LogP) is 5.65. The molecule has 2 saturated heterocycles. The largest absolute Gasteiger partial charge is 0.342 e. The number of anilines is 4. The maximum absolute atomic E-state index is 12.9. The topological polar surface area (TPSA) is 115 Å². The van der Waals surface area contributed by atoms with Gasteiger partial charge in [-0.2, -0.15) is 10.1 Å². The maximum Gasteiger partial charge on any atom is 0.238 e. The third-order valence-corrected chi connectivity index (χ3v) is 9.36. The Balaban J connectivity index is 1.02. The van der Waals surface area contributed by atoms with Gasteiger partial charge in [-0.1, -0.05) is 18.2 Å². The van der Waals surface area contributed by atoms with Crippen LogP contribution in [0.15, 0.2) is 89.0 Å². The number of piperidine rings is 1. The van der Waals surface area contributed by atoms with Crippen molar-refractivity contribution in [3.05, 3.63) is 84.7 Å². The summed E-state index contributed by atoms with van der Waals surface area (Å²) in [6, 6.07) is 23.6. The Bertz CT molecular complexity index is 1820. The van der Waals surface area contributed by atoms with E-state index >= 15 is 0 Å². The molecule has 2 aromatic carbocycles. The van der Waals surface area contributed by atoms with Gasteiger partial charge in [0.15, 0.2) is 11.0 Å². The number of nitrogens with zero attached hydrogens (tertiary/aromatic N) is 7. The number of aromatic amines is 1. The van der Waals surface area contributed by atoms with Gasteiger partial charge in [0.05, 0.1) is 18.2 Å². The Morgan fingerprint density at radius 1 is 0.978 bits per heavy atom. The molecule has 2 aliphatic rings. The molecule has 46 heavy (non-hydrogen) atoms. The van der Waals surface area contributed by atoms with Crippen molar-refractivity contribution < 1.29 is 9.59 Å². The number of hydrogen-bond acceptors (Lipinski definition) is 8. The molecule has 7 rings (SSSR count). The average molecular weight is 636 g/mol. The van der Waals surface area contributed by atoms with Crippen molar-refractivity contribution in [1.82, 2.24) is 34.4 Å². The molecule has 2 fully saturated rings. The van der Waals surface area contributed by atoms with Gasteiger partial charge in [0, 0.05) is 48.2 Å². The van der Waals surface area contributed by atoms with Crippen LogP contribution in [0, 0.1) is 12.8 Å². The second-order valence-electron chi connectivity index (χ2n) is 11.9. The lowest BCUT2D eigenvalue weighted by Gasteiger charge is -2.29. The molecule has 0 bridgehead atoms. The summed E-state index contributed by atoms with van der Waals surface area (Å²) in [5.41, 5.74) is 3.37. The zero-order valence-electron chi connectivity index (χ0n) is 25.8. The van der Waals surface area contributed by atoms with Gasteiger partial charge in [0.2, 0.25) is 17.8 Å². The van der Waals surface area contributed by atoms with Gasteiger partial charge in [-0.3, -0.25) is 28.9 Å². The number of aryl methyl sites for hydroxylation is 1. The molecule has 12 heteroatoms. The minimum atomic E-state index is -0.0762. The first-order chi connectivity index (χ1) is 22.5. The Morgan fingerprint density at radius 3 is 2.54 bits per heavy atom. The summed E-state index contributed by atoms with van der Waals surface area (Å²) in [6.45, 7) is 5.41. The van der Waals surface area contributed by atoms with E-state index in [4.69, 9.17) is 9.97 Å². The van der Waals surface area contributed by atoms with Crippen LogP contribution in [0.25, 0.3) is 5.65 Å². The summed E-state index contributed by atoms with van der Waals surface area (Å²) in [5.74, 6) is 1.58. The van der Waals surface area contributed by atoms with Crippen molar-refractivity contribution in [2.45, 2.75) is 42.7 Å². The minimum absolute atomic E-state index is 0.000820. The third-order valence-electron chi connectivity index (χ3n) is 8.49. The fraction of sp³-hybridized carbons (Fsp3) is 0.324. The second-order valence-corrected chi connectivity index (χ2v) is 12.9. The number of rotatable bonds is 9. The predicted molar refractivity (Wildman–Crippen MR) is 179 cm³/mol. The quantitative estimate of drug-likeness (QED) is 0.214. The van der Waals surface area contributed by atoms with Gasteiger partial charge in [0.25, 0.3) is 0 Å². The molecule has 0 spiro atoms. The van der Waals surface area contributed by atoms with Crippen LogP contribution in [0.5, 0.6) is 0 Å². The van der Waals surface area contributed by atoms with E-state index in [2.05, 4.69) is 20.4 Å². The van der Waals surface area contributed by atoms with E-state index in [0.717, 1.165) is 72.3 Å². The van der Waals surface area contributed by atoms with Crippen LogP contribution in [0.3, 0.4) is 0 Å². The first kappa shape index (κ1) is 30.0. The highest BCUT2D eigenvalue weighted by atomic mass is 32.2. The Kier molecular flexibility index (Phi) is 8.71. The summed E-state index contributed by atoms with van der Waals surface area (Å²) in [4.78, 5) is 42.6. The lowest BCUT2D eigenvalue weighted by molar-refractivity contribution is -0.136. The Morgan fingerprint density at radius 2 is 1.78 bits per heavy atom. The van der Waals surface area contributed by atoms with Gasteiger partial charge < -0.3 is 10.2 Å². The molecule has 5 aromatic rings. The van der Waals surface area contributed by atoms with Crippen LogP contribution < -0.4 is 10.2 Å². The Hall–Kier alpha value is -4.68. The van der Waals surface area contributed by atoms with Crippen molar-refractivity contribution >= 4 is 52.4 Å². The first-order valence-electron chi connectivity index (χ1n) is 15.8. The molecule has 1 atom stereocenters. The summed E-state index contributed by atoms with van der Waals surface area (Å²) in [6.07, 6.45) is 6.16. The molecule has 2 N–H and O–H groups in total. The van der Waals surface area contributed by atoms with Crippen LogP contribution in [0.2, 0.25) is 0 Å². The summed E-state index contributed by atoms with van der Waals surface area (Å²) < 4.78 is 1.95. The van der Waals surface area contributed by atoms with Crippen LogP contribution in [0.1, 0.15) is 31.4 Å². The SMILES string of the molecule is Cc1cc(N(c2ccccc2)c2nc(Sc3ccc(NC(=O)CN4CCC(C(=O)N5CCCCC5)C4)cc3)nc3cccn23)n[nH]1. The van der Waals surface area contributed by atoms with Gasteiger partial charge in [-0.05, 0) is 99.4 Å². The van der Waals surface area contributed by atoms with Crippen LogP contribution in [-0.2, 0) is 9.59 Å². The molecule has 236 valence electrons. The number of hydrogen-bond donors (Lipinski definition) is 2. The van der Waals surface area contributed by atoms with E-state index in [1.165, 1.54) is 18.2 Å². The number of likely N-dealkylation sites (tertiary alicyclic amines) is 2. The van der Waals surface area contributed by atoms with Crippen molar-refractivity contribution in [3.63, 3.8) is 0 Å². The lowest BCUT2D eigenvalue weighted by Crippen LogP contribution is -2.41. The monoisotopic (exact) mass is 635 g/mol. The molecular formula is C34H37N9O2S. The highest BCUT2D eigenvalue weighted by Crippen LogP contribution is 2.35. The number of amides is 2. The Labute approximate surface area is 272 Å². The number of nitrogens with one attached hydrogen (secondary N) is 2. The zero-order chi connectivity index (χ0) is 31.5. The minimum Gasteiger partial charge on any atom is -0.342 e. The van der Waals surface area contributed by atoms with E-state index in [1.54, 1.807) is 0 Å². The number of H-pyrrole nitrogens is 1. The smallest absolute Gasteiger partial charge is 0.238 e.